The van der Waals surface area contributed by atoms with Gasteiger partial charge in [-0.1, -0.05) is 42.5 Å². The largest absolute Gasteiger partial charge is 0.497 e. The minimum atomic E-state index is -0.281. The lowest BCUT2D eigenvalue weighted by Crippen LogP contribution is -2.11. The molecule has 2 heterocycles. The number of aromatic nitrogens is 2. The maximum absolute atomic E-state index is 12.9. The van der Waals surface area contributed by atoms with E-state index in [-0.39, 0.29) is 5.91 Å². The van der Waals surface area contributed by atoms with Crippen LogP contribution < -0.4 is 15.8 Å². The smallest absolute Gasteiger partial charge is 0.267 e. The van der Waals surface area contributed by atoms with Gasteiger partial charge in [0.15, 0.2) is 0 Å². The van der Waals surface area contributed by atoms with Crippen molar-refractivity contribution in [3.8, 4) is 5.75 Å². The first-order valence-corrected chi connectivity index (χ1v) is 10.1. The molecule has 0 unspecified atom stereocenters. The molecule has 1 amide bonds. The molecule has 2 aromatic heterocycles. The number of hydrogen-bond acceptors (Lipinski definition) is 6. The Kier molecular flexibility index (Phi) is 5.45. The van der Waals surface area contributed by atoms with Crippen LogP contribution in [0.1, 0.15) is 26.5 Å². The minimum absolute atomic E-state index is 0.281. The van der Waals surface area contributed by atoms with Crippen LogP contribution in [0, 0.1) is 6.92 Å². The van der Waals surface area contributed by atoms with E-state index in [0.29, 0.717) is 21.1 Å². The van der Waals surface area contributed by atoms with Crippen LogP contribution >= 0.6 is 11.3 Å². The van der Waals surface area contributed by atoms with Crippen molar-refractivity contribution in [2.24, 2.45) is 0 Å². The molecule has 0 aliphatic heterocycles. The third-order valence-corrected chi connectivity index (χ3v) is 5.76. The highest BCUT2D eigenvalue weighted by Crippen LogP contribution is 2.36. The summed E-state index contributed by atoms with van der Waals surface area (Å²) in [4.78, 5) is 13.9. The zero-order chi connectivity index (χ0) is 21.1. The van der Waals surface area contributed by atoms with Gasteiger partial charge in [0.1, 0.15) is 15.5 Å². The highest BCUT2D eigenvalue weighted by Gasteiger charge is 2.20. The Morgan fingerprint density at radius 2 is 1.80 bits per heavy atom. The van der Waals surface area contributed by atoms with Gasteiger partial charge in [-0.3, -0.25) is 4.79 Å². The van der Waals surface area contributed by atoms with E-state index in [9.17, 15) is 4.79 Å². The lowest BCUT2D eigenvalue weighted by Gasteiger charge is -2.06. The predicted octanol–water partition coefficient (Wildman–Crippen LogP) is 5.01. The summed E-state index contributed by atoms with van der Waals surface area (Å²) in [5.41, 5.74) is 10.1. The van der Waals surface area contributed by atoms with Crippen molar-refractivity contribution in [1.29, 1.82) is 0 Å². The highest BCUT2D eigenvalue weighted by atomic mass is 32.1. The van der Waals surface area contributed by atoms with Gasteiger partial charge in [-0.05, 0) is 36.8 Å². The van der Waals surface area contributed by atoms with Gasteiger partial charge in [0, 0.05) is 16.6 Å². The van der Waals surface area contributed by atoms with E-state index in [0.717, 1.165) is 28.0 Å². The maximum Gasteiger partial charge on any atom is 0.267 e. The summed E-state index contributed by atoms with van der Waals surface area (Å²) in [6.07, 6.45) is 3.97. The second kappa shape index (κ2) is 8.34. The van der Waals surface area contributed by atoms with E-state index < -0.39 is 0 Å². The number of nitrogens with zero attached hydrogens (tertiary/aromatic N) is 2. The molecule has 0 aliphatic rings. The topological polar surface area (TPSA) is 90.1 Å². The highest BCUT2D eigenvalue weighted by molar-refractivity contribution is 7.21. The molecule has 30 heavy (non-hydrogen) atoms. The number of nitrogens with two attached hydrogens (primary N) is 1. The SMILES string of the molecule is COc1ccc(NC(=O)c2sc3nnc(C)c(C=Cc4ccccc4)c3c2N)cc1. The summed E-state index contributed by atoms with van der Waals surface area (Å²) in [6, 6.07) is 17.1. The molecule has 3 N–H and O–H groups in total. The second-order valence-corrected chi connectivity index (χ2v) is 7.65. The summed E-state index contributed by atoms with van der Waals surface area (Å²) in [7, 11) is 1.60. The Labute approximate surface area is 178 Å². The summed E-state index contributed by atoms with van der Waals surface area (Å²) in [5.74, 6) is 0.436. The van der Waals surface area contributed by atoms with E-state index in [2.05, 4.69) is 15.5 Å². The van der Waals surface area contributed by atoms with Crippen LogP contribution in [0.3, 0.4) is 0 Å². The van der Waals surface area contributed by atoms with Crippen molar-refractivity contribution in [2.45, 2.75) is 6.92 Å². The Balaban J connectivity index is 1.69. The molecule has 7 heteroatoms. The van der Waals surface area contributed by atoms with Gasteiger partial charge < -0.3 is 15.8 Å². The molecule has 0 atom stereocenters. The van der Waals surface area contributed by atoms with E-state index in [1.807, 2.05) is 49.4 Å². The number of hydrogen-bond donors (Lipinski definition) is 2. The molecule has 0 radical (unpaired) electrons. The van der Waals surface area contributed by atoms with Crippen molar-refractivity contribution >= 4 is 51.0 Å². The molecule has 0 aliphatic carbocycles. The molecule has 0 spiro atoms. The maximum atomic E-state index is 12.9. The number of nitrogen functional groups attached to an aromatic ring is 1. The molecule has 0 bridgehead atoms. The molecule has 150 valence electrons. The zero-order valence-corrected chi connectivity index (χ0v) is 17.4. The first kappa shape index (κ1) is 19.6. The normalized spacial score (nSPS) is 11.1. The summed E-state index contributed by atoms with van der Waals surface area (Å²) in [5, 5.41) is 12.1. The molecule has 6 nitrogen and oxygen atoms in total. The number of thiophene rings is 1. The Bertz CT molecular complexity index is 1230. The standard InChI is InChI=1S/C23H20N4O2S/c1-14-18(13-8-15-6-4-3-5-7-15)19-20(24)21(30-23(19)27-26-14)22(28)25-16-9-11-17(29-2)12-10-16/h3-13H,24H2,1-2H3,(H,25,28). The monoisotopic (exact) mass is 416 g/mol. The van der Waals surface area contributed by atoms with Gasteiger partial charge in [-0.15, -0.1) is 16.4 Å². The fourth-order valence-electron chi connectivity index (χ4n) is 3.10. The van der Waals surface area contributed by atoms with E-state index >= 15 is 0 Å². The number of aryl methyl sites for hydroxylation is 1. The van der Waals surface area contributed by atoms with E-state index in [1.165, 1.54) is 11.3 Å². The molecular weight excluding hydrogens is 396 g/mol. The van der Waals surface area contributed by atoms with Crippen LogP contribution in [0.5, 0.6) is 5.75 Å². The summed E-state index contributed by atoms with van der Waals surface area (Å²) < 4.78 is 5.14. The quantitative estimate of drug-likeness (QED) is 0.477. The molecule has 4 rings (SSSR count). The number of nitrogens with one attached hydrogen (secondary N) is 1. The fourth-order valence-corrected chi connectivity index (χ4v) is 4.05. The van der Waals surface area contributed by atoms with Gasteiger partial charge in [-0.25, -0.2) is 0 Å². The Hall–Kier alpha value is -3.71. The van der Waals surface area contributed by atoms with Gasteiger partial charge in [-0.2, -0.15) is 5.10 Å². The molecule has 4 aromatic rings. The predicted molar refractivity (Wildman–Crippen MR) is 123 cm³/mol. The first-order valence-electron chi connectivity index (χ1n) is 9.30. The molecule has 2 aromatic carbocycles. The number of ether oxygens (including phenoxy) is 1. The number of benzene rings is 2. The van der Waals surface area contributed by atoms with Crippen molar-refractivity contribution in [3.63, 3.8) is 0 Å². The Morgan fingerprint density at radius 1 is 1.07 bits per heavy atom. The molecular formula is C23H20N4O2S. The molecule has 0 saturated carbocycles. The second-order valence-electron chi connectivity index (χ2n) is 6.65. The van der Waals surface area contributed by atoms with Crippen LogP contribution in [0.2, 0.25) is 0 Å². The lowest BCUT2D eigenvalue weighted by molar-refractivity contribution is 0.103. The van der Waals surface area contributed by atoms with Crippen LogP contribution in [-0.4, -0.2) is 23.2 Å². The third-order valence-electron chi connectivity index (χ3n) is 4.67. The van der Waals surface area contributed by atoms with Gasteiger partial charge >= 0.3 is 0 Å². The van der Waals surface area contributed by atoms with Gasteiger partial charge in [0.2, 0.25) is 0 Å². The minimum Gasteiger partial charge on any atom is -0.497 e. The fraction of sp³-hybridized carbons (Fsp3) is 0.0870. The van der Waals surface area contributed by atoms with Crippen molar-refractivity contribution < 1.29 is 9.53 Å². The van der Waals surface area contributed by atoms with E-state index in [4.69, 9.17) is 10.5 Å². The molecule has 0 fully saturated rings. The van der Waals surface area contributed by atoms with Gasteiger partial charge in [0.25, 0.3) is 5.91 Å². The average molecular weight is 417 g/mol. The number of methoxy groups -OCH3 is 1. The van der Waals surface area contributed by atoms with Crippen molar-refractivity contribution in [2.75, 3.05) is 18.2 Å². The average Bonchev–Trinajstić information content (AvgIpc) is 3.11. The first-order chi connectivity index (χ1) is 14.6. The van der Waals surface area contributed by atoms with Crippen molar-refractivity contribution in [3.05, 3.63) is 76.3 Å². The third kappa shape index (κ3) is 3.88. The molecule has 0 saturated heterocycles. The van der Waals surface area contributed by atoms with Crippen molar-refractivity contribution in [1.82, 2.24) is 10.2 Å². The summed E-state index contributed by atoms with van der Waals surface area (Å²) in [6.45, 7) is 1.88. The van der Waals surface area contributed by atoms with Crippen LogP contribution in [-0.2, 0) is 0 Å². The number of amides is 1. The number of carbonyl (C=O) groups is 1. The Morgan fingerprint density at radius 3 is 2.50 bits per heavy atom. The lowest BCUT2D eigenvalue weighted by atomic mass is 10.1. The van der Waals surface area contributed by atoms with Crippen LogP contribution in [0.25, 0.3) is 22.4 Å². The summed E-state index contributed by atoms with van der Waals surface area (Å²) >= 11 is 1.23. The zero-order valence-electron chi connectivity index (χ0n) is 16.5. The van der Waals surface area contributed by atoms with E-state index in [1.54, 1.807) is 31.4 Å². The number of anilines is 2. The number of carbonyl (C=O) groups excluding carboxylic acids is 1. The van der Waals surface area contributed by atoms with Crippen LogP contribution in [0.4, 0.5) is 11.4 Å². The van der Waals surface area contributed by atoms with Crippen LogP contribution in [0.15, 0.2) is 54.6 Å². The number of rotatable bonds is 5. The van der Waals surface area contributed by atoms with Gasteiger partial charge in [0.05, 0.1) is 18.5 Å². The number of fused-ring (bicyclic) bond motifs is 1.